The van der Waals surface area contributed by atoms with E-state index in [1.165, 1.54) is 20.3 Å². The number of hydrogen-bond acceptors (Lipinski definition) is 5. The number of hydrogen-bond donors (Lipinski definition) is 2. The van der Waals surface area contributed by atoms with Crippen molar-refractivity contribution in [1.29, 1.82) is 0 Å². The molecule has 132 valence electrons. The van der Waals surface area contributed by atoms with Gasteiger partial charge in [-0.05, 0) is 18.2 Å². The third-order valence-electron chi connectivity index (χ3n) is 3.55. The monoisotopic (exact) mass is 384 g/mol. The molecule has 3 rings (SSSR count). The molecule has 0 aliphatic carbocycles. The SMILES string of the molecule is COc1cc2nccc(Nc3cc(O)c(Cl)cc3F)c2cc1OC.Cl. The minimum atomic E-state index is -0.580. The number of pyridine rings is 1. The second-order valence-corrected chi connectivity index (χ2v) is 5.40. The van der Waals surface area contributed by atoms with Crippen molar-refractivity contribution < 1.29 is 19.0 Å². The zero-order valence-corrected chi connectivity index (χ0v) is 14.9. The van der Waals surface area contributed by atoms with Gasteiger partial charge < -0.3 is 19.9 Å². The van der Waals surface area contributed by atoms with Crippen LogP contribution in [0, 0.1) is 5.82 Å². The molecule has 0 aliphatic heterocycles. The summed E-state index contributed by atoms with van der Waals surface area (Å²) in [5, 5.41) is 13.3. The molecule has 25 heavy (non-hydrogen) atoms. The molecule has 3 aromatic rings. The second kappa shape index (κ2) is 7.63. The number of anilines is 2. The first-order valence-corrected chi connectivity index (χ1v) is 7.37. The molecule has 0 amide bonds. The molecule has 0 saturated heterocycles. The number of nitrogens with zero attached hydrogens (tertiary/aromatic N) is 1. The zero-order chi connectivity index (χ0) is 17.3. The van der Waals surface area contributed by atoms with Crippen LogP contribution in [0.4, 0.5) is 15.8 Å². The fraction of sp³-hybridized carbons (Fsp3) is 0.118. The number of phenols is 1. The number of phenolic OH excluding ortho intramolecular Hbond substituents is 1. The summed E-state index contributed by atoms with van der Waals surface area (Å²) >= 11 is 5.70. The first-order valence-electron chi connectivity index (χ1n) is 6.99. The van der Waals surface area contributed by atoms with Gasteiger partial charge in [-0.25, -0.2) is 4.39 Å². The van der Waals surface area contributed by atoms with Crippen LogP contribution in [0.15, 0.2) is 36.5 Å². The Morgan fingerprint density at radius 2 is 1.76 bits per heavy atom. The highest BCUT2D eigenvalue weighted by Crippen LogP contribution is 2.37. The third-order valence-corrected chi connectivity index (χ3v) is 3.86. The highest BCUT2D eigenvalue weighted by atomic mass is 35.5. The van der Waals surface area contributed by atoms with Gasteiger partial charge in [0, 0.05) is 29.4 Å². The van der Waals surface area contributed by atoms with Gasteiger partial charge in [-0.2, -0.15) is 0 Å². The van der Waals surface area contributed by atoms with Crippen molar-refractivity contribution in [2.45, 2.75) is 0 Å². The highest BCUT2D eigenvalue weighted by Gasteiger charge is 2.13. The van der Waals surface area contributed by atoms with Crippen molar-refractivity contribution in [2.75, 3.05) is 19.5 Å². The molecule has 0 aliphatic rings. The molecular formula is C17H15Cl2FN2O3. The minimum absolute atomic E-state index is 0. The fourth-order valence-electron chi connectivity index (χ4n) is 2.36. The van der Waals surface area contributed by atoms with Crippen LogP contribution in [-0.4, -0.2) is 24.3 Å². The summed E-state index contributed by atoms with van der Waals surface area (Å²) in [6.07, 6.45) is 1.59. The average Bonchev–Trinajstić information content (AvgIpc) is 2.58. The molecule has 0 bridgehead atoms. The van der Waals surface area contributed by atoms with E-state index in [1.54, 1.807) is 24.4 Å². The van der Waals surface area contributed by atoms with Crippen LogP contribution in [0.1, 0.15) is 0 Å². The van der Waals surface area contributed by atoms with Crippen LogP contribution < -0.4 is 14.8 Å². The molecule has 8 heteroatoms. The van der Waals surface area contributed by atoms with E-state index in [4.69, 9.17) is 21.1 Å². The van der Waals surface area contributed by atoms with Crippen molar-refractivity contribution in [2.24, 2.45) is 0 Å². The molecular weight excluding hydrogens is 370 g/mol. The quantitative estimate of drug-likeness (QED) is 0.668. The Kier molecular flexibility index (Phi) is 5.77. The Labute approximate surface area is 154 Å². The van der Waals surface area contributed by atoms with E-state index in [1.807, 2.05) is 0 Å². The highest BCUT2D eigenvalue weighted by molar-refractivity contribution is 6.32. The summed E-state index contributed by atoms with van der Waals surface area (Å²) in [7, 11) is 3.07. The van der Waals surface area contributed by atoms with Crippen LogP contribution in [0.3, 0.4) is 0 Å². The van der Waals surface area contributed by atoms with Gasteiger partial charge >= 0.3 is 0 Å². The average molecular weight is 385 g/mol. The lowest BCUT2D eigenvalue weighted by Gasteiger charge is -2.13. The fourth-order valence-corrected chi connectivity index (χ4v) is 2.51. The summed E-state index contributed by atoms with van der Waals surface area (Å²) < 4.78 is 24.6. The van der Waals surface area contributed by atoms with Crippen molar-refractivity contribution in [3.63, 3.8) is 0 Å². The van der Waals surface area contributed by atoms with Crippen LogP contribution >= 0.6 is 24.0 Å². The lowest BCUT2D eigenvalue weighted by atomic mass is 10.1. The second-order valence-electron chi connectivity index (χ2n) is 4.99. The Balaban J connectivity index is 0.00000225. The van der Waals surface area contributed by atoms with Crippen LogP contribution in [0.2, 0.25) is 5.02 Å². The summed E-state index contributed by atoms with van der Waals surface area (Å²) in [5.41, 5.74) is 1.34. The molecule has 1 heterocycles. The van der Waals surface area contributed by atoms with Gasteiger partial charge in [0.2, 0.25) is 0 Å². The number of aromatic nitrogens is 1. The molecule has 5 nitrogen and oxygen atoms in total. The van der Waals surface area contributed by atoms with E-state index in [-0.39, 0.29) is 28.9 Å². The summed E-state index contributed by atoms with van der Waals surface area (Å²) in [6.45, 7) is 0. The van der Waals surface area contributed by atoms with Crippen LogP contribution in [0.5, 0.6) is 17.2 Å². The van der Waals surface area contributed by atoms with E-state index in [0.29, 0.717) is 28.1 Å². The number of ether oxygens (including phenoxy) is 2. The normalized spacial score (nSPS) is 10.2. The number of methoxy groups -OCH3 is 2. The first kappa shape index (κ1) is 18.9. The lowest BCUT2D eigenvalue weighted by Crippen LogP contribution is -1.97. The Hall–Kier alpha value is -2.44. The largest absolute Gasteiger partial charge is 0.506 e. The van der Waals surface area contributed by atoms with Gasteiger partial charge in [0.1, 0.15) is 11.6 Å². The number of benzene rings is 2. The van der Waals surface area contributed by atoms with Crippen molar-refractivity contribution in [3.05, 3.63) is 47.4 Å². The molecule has 0 spiro atoms. The Bertz CT molecular complexity index is 922. The first-order chi connectivity index (χ1) is 11.5. The maximum atomic E-state index is 14.1. The Morgan fingerprint density at radius 1 is 1.08 bits per heavy atom. The van der Waals surface area contributed by atoms with Crippen LogP contribution in [-0.2, 0) is 0 Å². The predicted octanol–water partition coefficient (Wildman–Crippen LogP) is 4.92. The van der Waals surface area contributed by atoms with Gasteiger partial charge in [0.15, 0.2) is 11.5 Å². The number of fused-ring (bicyclic) bond motifs is 1. The summed E-state index contributed by atoms with van der Waals surface area (Å²) in [6, 6.07) is 7.45. The van der Waals surface area contributed by atoms with Gasteiger partial charge in [-0.15, -0.1) is 12.4 Å². The maximum absolute atomic E-state index is 14.1. The maximum Gasteiger partial charge on any atom is 0.162 e. The molecule has 2 N–H and O–H groups in total. The van der Waals surface area contributed by atoms with Crippen molar-refractivity contribution >= 4 is 46.3 Å². The van der Waals surface area contributed by atoms with Crippen molar-refractivity contribution in [1.82, 2.24) is 4.98 Å². The Morgan fingerprint density at radius 3 is 2.44 bits per heavy atom. The third kappa shape index (κ3) is 3.65. The molecule has 1 aromatic heterocycles. The number of rotatable bonds is 4. The predicted molar refractivity (Wildman–Crippen MR) is 98.5 cm³/mol. The van der Waals surface area contributed by atoms with E-state index in [9.17, 15) is 9.50 Å². The van der Waals surface area contributed by atoms with Crippen molar-refractivity contribution in [3.8, 4) is 17.2 Å². The molecule has 0 unspecified atom stereocenters. The van der Waals surface area contributed by atoms with Gasteiger partial charge in [0.25, 0.3) is 0 Å². The van der Waals surface area contributed by atoms with Crippen LogP contribution in [0.25, 0.3) is 10.9 Å². The van der Waals surface area contributed by atoms with E-state index < -0.39 is 5.82 Å². The number of nitrogens with one attached hydrogen (secondary N) is 1. The lowest BCUT2D eigenvalue weighted by molar-refractivity contribution is 0.356. The standard InChI is InChI=1S/C17H14ClFN2O3.ClH/c1-23-16-5-9-12(3-4-20-13(9)8-17(16)24-2)21-14-7-15(22)10(18)6-11(14)19;/h3-8,22H,1-2H3,(H,20,21);1H. The zero-order valence-electron chi connectivity index (χ0n) is 13.3. The summed E-state index contributed by atoms with van der Waals surface area (Å²) in [4.78, 5) is 4.28. The molecule has 0 saturated carbocycles. The van der Waals surface area contributed by atoms with E-state index in [0.717, 1.165) is 6.07 Å². The van der Waals surface area contributed by atoms with Gasteiger partial charge in [-0.1, -0.05) is 11.6 Å². The van der Waals surface area contributed by atoms with Gasteiger partial charge in [0.05, 0.1) is 30.4 Å². The smallest absolute Gasteiger partial charge is 0.162 e. The molecule has 0 radical (unpaired) electrons. The van der Waals surface area contributed by atoms with E-state index >= 15 is 0 Å². The molecule has 0 fully saturated rings. The topological polar surface area (TPSA) is 63.6 Å². The van der Waals surface area contributed by atoms with E-state index in [2.05, 4.69) is 10.3 Å². The molecule has 0 atom stereocenters. The van der Waals surface area contributed by atoms with Gasteiger partial charge in [-0.3, -0.25) is 4.98 Å². The number of halogens is 3. The summed E-state index contributed by atoms with van der Waals surface area (Å²) in [5.74, 6) is 0.284. The number of aromatic hydroxyl groups is 1. The minimum Gasteiger partial charge on any atom is -0.506 e. The molecule has 2 aromatic carbocycles.